The van der Waals surface area contributed by atoms with Gasteiger partial charge in [0.1, 0.15) is 5.00 Å². The zero-order chi connectivity index (χ0) is 31.8. The van der Waals surface area contributed by atoms with Gasteiger partial charge in [-0.05, 0) is 75.6 Å². The number of thiophene rings is 1. The van der Waals surface area contributed by atoms with E-state index in [1.807, 2.05) is 50.2 Å². The summed E-state index contributed by atoms with van der Waals surface area (Å²) >= 11 is 1.27. The number of nitrogens with one attached hydrogen (secondary N) is 1. The van der Waals surface area contributed by atoms with Crippen molar-refractivity contribution in [3.63, 3.8) is 0 Å². The lowest BCUT2D eigenvalue weighted by molar-refractivity contribution is -0.129. The van der Waals surface area contributed by atoms with Crippen LogP contribution in [-0.4, -0.2) is 57.7 Å². The van der Waals surface area contributed by atoms with E-state index in [9.17, 15) is 22.8 Å². The number of anilines is 1. The molecule has 0 atom stereocenters. The van der Waals surface area contributed by atoms with Crippen molar-refractivity contribution < 1.29 is 22.8 Å². The highest BCUT2D eigenvalue weighted by Gasteiger charge is 2.32. The third-order valence-corrected chi connectivity index (χ3v) is 10.8. The fourth-order valence-electron chi connectivity index (χ4n) is 5.32. The SMILES string of the molecule is CC(=O)N1CCc2c(sc(NC(=O)c3ccc(S(=O)(=O)N(Cc4ccccc4)C(C)C)cc3)c2C(=O)n2nc(C)cc2C)C1. The zero-order valence-electron chi connectivity index (χ0n) is 25.3. The van der Waals surface area contributed by atoms with Crippen LogP contribution >= 0.6 is 11.3 Å². The number of aromatic nitrogens is 2. The smallest absolute Gasteiger partial charge is 0.281 e. The quantitative estimate of drug-likeness (QED) is 0.291. The van der Waals surface area contributed by atoms with Crippen molar-refractivity contribution in [3.05, 3.63) is 99.2 Å². The van der Waals surface area contributed by atoms with Crippen molar-refractivity contribution in [2.75, 3.05) is 11.9 Å². The topological polar surface area (TPSA) is 122 Å². The highest BCUT2D eigenvalue weighted by molar-refractivity contribution is 7.89. The van der Waals surface area contributed by atoms with Gasteiger partial charge in [0.15, 0.2) is 0 Å². The summed E-state index contributed by atoms with van der Waals surface area (Å²) in [7, 11) is -3.85. The average molecular weight is 634 g/mol. The molecule has 0 radical (unpaired) electrons. The minimum atomic E-state index is -3.85. The van der Waals surface area contributed by atoms with E-state index in [4.69, 9.17) is 0 Å². The van der Waals surface area contributed by atoms with Crippen molar-refractivity contribution in [1.82, 2.24) is 19.0 Å². The van der Waals surface area contributed by atoms with Gasteiger partial charge in [0, 0.05) is 42.2 Å². The maximum atomic E-state index is 13.8. The normalized spacial score (nSPS) is 13.3. The van der Waals surface area contributed by atoms with Crippen LogP contribution in [0.25, 0.3) is 0 Å². The van der Waals surface area contributed by atoms with Gasteiger partial charge >= 0.3 is 0 Å². The summed E-state index contributed by atoms with van der Waals surface area (Å²) in [6.45, 7) is 9.80. The Bertz CT molecular complexity index is 1830. The highest BCUT2D eigenvalue weighted by Crippen LogP contribution is 2.38. The van der Waals surface area contributed by atoms with E-state index >= 15 is 0 Å². The van der Waals surface area contributed by atoms with Crippen LogP contribution in [0.5, 0.6) is 0 Å². The lowest BCUT2D eigenvalue weighted by atomic mass is 10.0. The zero-order valence-corrected chi connectivity index (χ0v) is 27.0. The van der Waals surface area contributed by atoms with Gasteiger partial charge in [0.05, 0.1) is 22.7 Å². The Labute approximate surface area is 261 Å². The van der Waals surface area contributed by atoms with Crippen LogP contribution in [0.2, 0.25) is 0 Å². The second kappa shape index (κ2) is 12.5. The second-order valence-corrected chi connectivity index (χ2v) is 14.1. The van der Waals surface area contributed by atoms with Gasteiger partial charge in [-0.25, -0.2) is 13.1 Å². The molecule has 3 heterocycles. The fraction of sp³-hybridized carbons (Fsp3) is 0.312. The monoisotopic (exact) mass is 633 g/mol. The summed E-state index contributed by atoms with van der Waals surface area (Å²) < 4.78 is 29.9. The number of carbonyl (C=O) groups excluding carboxylic acids is 3. The van der Waals surface area contributed by atoms with Crippen LogP contribution in [0.4, 0.5) is 5.00 Å². The van der Waals surface area contributed by atoms with Crippen LogP contribution in [-0.2, 0) is 34.3 Å². The molecule has 4 aromatic rings. The number of hydrogen-bond acceptors (Lipinski definition) is 7. The van der Waals surface area contributed by atoms with E-state index in [2.05, 4.69) is 10.4 Å². The average Bonchev–Trinajstić information content (AvgIpc) is 3.53. The number of rotatable bonds is 8. The Hall–Kier alpha value is -4.13. The molecule has 1 aliphatic rings. The number of fused-ring (bicyclic) bond motifs is 1. The minimum Gasteiger partial charge on any atom is -0.337 e. The van der Waals surface area contributed by atoms with Crippen LogP contribution in [0.3, 0.4) is 0 Å². The number of amides is 2. The molecule has 230 valence electrons. The molecule has 0 saturated carbocycles. The van der Waals surface area contributed by atoms with Crippen LogP contribution in [0.1, 0.15) is 68.9 Å². The number of aryl methyl sites for hydroxylation is 2. The van der Waals surface area contributed by atoms with E-state index in [0.29, 0.717) is 41.5 Å². The molecule has 0 bridgehead atoms. The summed E-state index contributed by atoms with van der Waals surface area (Å²) in [6, 6.07) is 16.7. The summed E-state index contributed by atoms with van der Waals surface area (Å²) in [4.78, 5) is 41.9. The van der Waals surface area contributed by atoms with Gasteiger partial charge in [0.25, 0.3) is 11.8 Å². The molecule has 0 spiro atoms. The van der Waals surface area contributed by atoms with Gasteiger partial charge in [0.2, 0.25) is 15.9 Å². The molecule has 2 amide bonds. The first-order valence-corrected chi connectivity index (χ1v) is 16.6. The van der Waals surface area contributed by atoms with Crippen molar-refractivity contribution in [2.45, 2.75) is 65.1 Å². The minimum absolute atomic E-state index is 0.0594. The first-order valence-electron chi connectivity index (χ1n) is 14.3. The van der Waals surface area contributed by atoms with Crippen LogP contribution < -0.4 is 5.32 Å². The Morgan fingerprint density at radius 3 is 2.32 bits per heavy atom. The molecule has 0 saturated heterocycles. The molecule has 0 unspecified atom stereocenters. The fourth-order valence-corrected chi connectivity index (χ4v) is 8.20. The molecule has 44 heavy (non-hydrogen) atoms. The molecule has 12 heteroatoms. The van der Waals surface area contributed by atoms with Gasteiger partial charge < -0.3 is 10.2 Å². The molecular formula is C32H35N5O5S2. The lowest BCUT2D eigenvalue weighted by Crippen LogP contribution is -2.36. The van der Waals surface area contributed by atoms with Crippen molar-refractivity contribution in [3.8, 4) is 0 Å². The Morgan fingerprint density at radius 1 is 1.05 bits per heavy atom. The van der Waals surface area contributed by atoms with E-state index in [0.717, 1.165) is 16.0 Å². The Kier molecular flexibility index (Phi) is 8.87. The van der Waals surface area contributed by atoms with Crippen LogP contribution in [0.15, 0.2) is 65.6 Å². The molecule has 0 fully saturated rings. The molecule has 1 N–H and O–H groups in total. The summed E-state index contributed by atoms with van der Waals surface area (Å²) in [5.41, 5.74) is 3.64. The molecular weight excluding hydrogens is 599 g/mol. The standard InChI is InChI=1S/C32H35N5O5S2/c1-20(2)36(18-24-9-7-6-8-10-24)44(41,42)26-13-11-25(12-14-26)30(39)33-31-29(32(40)37-22(4)17-21(3)34-37)27-15-16-35(23(5)38)19-28(27)43-31/h6-14,17,20H,15-16,18-19H2,1-5H3,(H,33,39). The highest BCUT2D eigenvalue weighted by atomic mass is 32.2. The maximum absolute atomic E-state index is 13.8. The Morgan fingerprint density at radius 2 is 1.73 bits per heavy atom. The molecule has 10 nitrogen and oxygen atoms in total. The predicted molar refractivity (Wildman–Crippen MR) is 169 cm³/mol. The number of carbonyl (C=O) groups is 3. The summed E-state index contributed by atoms with van der Waals surface area (Å²) in [5, 5.41) is 7.62. The second-order valence-electron chi connectivity index (χ2n) is 11.2. The largest absolute Gasteiger partial charge is 0.337 e. The molecule has 2 aromatic carbocycles. The van der Waals surface area contributed by atoms with Gasteiger partial charge in [-0.1, -0.05) is 30.3 Å². The summed E-state index contributed by atoms with van der Waals surface area (Å²) in [5.74, 6) is -0.896. The number of hydrogen-bond donors (Lipinski definition) is 1. The van der Waals surface area contributed by atoms with E-state index < -0.39 is 15.9 Å². The van der Waals surface area contributed by atoms with E-state index in [1.54, 1.807) is 18.7 Å². The van der Waals surface area contributed by atoms with Gasteiger partial charge in [-0.3, -0.25) is 14.4 Å². The third-order valence-electron chi connectivity index (χ3n) is 7.63. The number of sulfonamides is 1. The Balaban J connectivity index is 1.43. The molecule has 2 aromatic heterocycles. The first-order chi connectivity index (χ1) is 20.9. The number of benzene rings is 2. The van der Waals surface area contributed by atoms with Crippen molar-refractivity contribution in [2.24, 2.45) is 0 Å². The van der Waals surface area contributed by atoms with E-state index in [1.165, 1.54) is 51.5 Å². The molecule has 0 aliphatic carbocycles. The van der Waals surface area contributed by atoms with Gasteiger partial charge in [-0.2, -0.15) is 9.40 Å². The van der Waals surface area contributed by atoms with Gasteiger partial charge in [-0.15, -0.1) is 11.3 Å². The van der Waals surface area contributed by atoms with Crippen molar-refractivity contribution in [1.29, 1.82) is 0 Å². The third kappa shape index (κ3) is 6.23. The van der Waals surface area contributed by atoms with E-state index in [-0.39, 0.29) is 34.9 Å². The maximum Gasteiger partial charge on any atom is 0.281 e. The summed E-state index contributed by atoms with van der Waals surface area (Å²) in [6.07, 6.45) is 0.476. The predicted octanol–water partition coefficient (Wildman–Crippen LogP) is 5.01. The molecule has 1 aliphatic heterocycles. The van der Waals surface area contributed by atoms with Crippen LogP contribution in [0, 0.1) is 13.8 Å². The molecule has 5 rings (SSSR count). The number of nitrogens with zero attached hydrogens (tertiary/aromatic N) is 4. The van der Waals surface area contributed by atoms with Crippen molar-refractivity contribution >= 4 is 44.1 Å². The first kappa shape index (κ1) is 31.3. The lowest BCUT2D eigenvalue weighted by Gasteiger charge is -2.26.